The van der Waals surface area contributed by atoms with Gasteiger partial charge in [-0.15, -0.1) is 0 Å². The average molecular weight is 349 g/mol. The highest BCUT2D eigenvalue weighted by molar-refractivity contribution is 4.78. The van der Waals surface area contributed by atoms with E-state index in [0.29, 0.717) is 0 Å². The maximum Gasteiger partial charge on any atom is 0.379 e. The Hall–Kier alpha value is -1.42. The number of halogens is 9. The van der Waals surface area contributed by atoms with Gasteiger partial charge < -0.3 is 0 Å². The molecule has 0 saturated carbocycles. The van der Waals surface area contributed by atoms with Gasteiger partial charge in [0, 0.05) is 6.92 Å². The Kier molecular flexibility index (Phi) is 18.5. The van der Waals surface area contributed by atoms with Gasteiger partial charge in [0.15, 0.2) is 0 Å². The van der Waals surface area contributed by atoms with Gasteiger partial charge in [0.25, 0.3) is 5.82 Å². The summed E-state index contributed by atoms with van der Waals surface area (Å²) >= 11 is 0. The van der Waals surface area contributed by atoms with E-state index < -0.39 is 20.0 Å². The second-order valence-corrected chi connectivity index (χ2v) is 3.39. The lowest BCUT2D eigenvalue weighted by Gasteiger charge is -1.93. The van der Waals surface area contributed by atoms with Crippen molar-refractivity contribution >= 4 is 0 Å². The van der Waals surface area contributed by atoms with Crippen molar-refractivity contribution in [1.82, 2.24) is 4.57 Å². The van der Waals surface area contributed by atoms with Gasteiger partial charge >= 0.3 is 20.0 Å². The van der Waals surface area contributed by atoms with Crippen molar-refractivity contribution in [2.45, 2.75) is 46.9 Å². The number of hydrogen-bond acceptors (Lipinski definition) is 0. The van der Waals surface area contributed by atoms with Crippen molar-refractivity contribution in [2.24, 2.45) is 7.05 Å². The highest BCUT2D eigenvalue weighted by atomic mass is 19.4. The zero-order chi connectivity index (χ0) is 18.3. The second-order valence-electron chi connectivity index (χ2n) is 3.39. The third-order valence-corrected chi connectivity index (χ3v) is 1.86. The molecule has 0 spiro atoms. The topological polar surface area (TPSA) is 8.81 Å². The largest absolute Gasteiger partial charge is 0.379 e. The molecule has 0 atom stereocenters. The van der Waals surface area contributed by atoms with Crippen LogP contribution in [0.2, 0.25) is 0 Å². The molecule has 134 valence electrons. The molecule has 22 heavy (non-hydrogen) atoms. The summed E-state index contributed by atoms with van der Waals surface area (Å²) < 4.78 is 91.4. The van der Waals surface area contributed by atoms with Crippen molar-refractivity contribution in [3.05, 3.63) is 18.2 Å². The van der Waals surface area contributed by atoms with Gasteiger partial charge in [0.05, 0.1) is 13.6 Å². The zero-order valence-corrected chi connectivity index (χ0v) is 12.1. The normalized spacial score (nSPS) is 9.59. The van der Waals surface area contributed by atoms with Gasteiger partial charge in [0.2, 0.25) is 0 Å². The summed E-state index contributed by atoms with van der Waals surface area (Å²) in [5.41, 5.74) is 0. The molecule has 0 unspecified atom stereocenters. The number of aromatic nitrogens is 2. The van der Waals surface area contributed by atoms with Crippen molar-refractivity contribution in [3.8, 4) is 0 Å². The van der Waals surface area contributed by atoms with E-state index in [0.717, 1.165) is 6.54 Å². The molecule has 0 N–H and O–H groups in total. The molecule has 1 aromatic rings. The Morgan fingerprint density at radius 3 is 1.41 bits per heavy atom. The lowest BCUT2D eigenvalue weighted by atomic mass is 10.5. The third kappa shape index (κ3) is 27.0. The van der Waals surface area contributed by atoms with E-state index in [2.05, 4.69) is 42.4 Å². The van der Waals surface area contributed by atoms with Crippen LogP contribution >= 0.6 is 0 Å². The fourth-order valence-corrected chi connectivity index (χ4v) is 1.08. The smallest absolute Gasteiger partial charge is 0.237 e. The van der Waals surface area contributed by atoms with E-state index >= 15 is 0 Å². The highest BCUT2D eigenvalue weighted by Crippen LogP contribution is 1.93. The first-order valence-corrected chi connectivity index (χ1v) is 5.73. The summed E-state index contributed by atoms with van der Waals surface area (Å²) in [5.74, 6) is 1.32. The first kappa shape index (κ1) is 25.5. The lowest BCUT2D eigenvalue weighted by Crippen LogP contribution is -2.29. The minimum Gasteiger partial charge on any atom is -0.237 e. The summed E-state index contributed by atoms with van der Waals surface area (Å²) in [7, 11) is 2.07. The van der Waals surface area contributed by atoms with Crippen LogP contribution in [0.4, 0.5) is 39.5 Å². The van der Waals surface area contributed by atoms with Gasteiger partial charge in [-0.2, -0.15) is 39.5 Å². The molecular formula is C11H18F9N2+. The van der Waals surface area contributed by atoms with E-state index in [1.165, 1.54) is 12.2 Å². The molecule has 0 radical (unpaired) electrons. The van der Waals surface area contributed by atoms with Crippen molar-refractivity contribution in [2.75, 3.05) is 0 Å². The second kappa shape index (κ2) is 16.0. The van der Waals surface area contributed by atoms with E-state index in [4.69, 9.17) is 0 Å². The minimum absolute atomic E-state index is 1.13. The Bertz CT molecular complexity index is 320. The molecule has 1 rings (SSSR count). The van der Waals surface area contributed by atoms with Gasteiger partial charge in [-0.25, -0.2) is 9.13 Å². The summed E-state index contributed by atoms with van der Waals surface area (Å²) in [6, 6.07) is 0. The SMILES string of the molecule is CCCn1cc[n+](C)c1C.FC(F)F.FC(F)F.FC(F)F. The molecule has 1 heterocycles. The summed E-state index contributed by atoms with van der Waals surface area (Å²) in [6.45, 7) is -5.54. The maximum atomic E-state index is 9.67. The van der Waals surface area contributed by atoms with Crippen molar-refractivity contribution in [3.63, 3.8) is 0 Å². The molecule has 11 heteroatoms. The standard InChI is InChI=1S/C8H15N2.3CHF3/c1-4-5-10-7-6-9(3)8(10)2;3*2-1(3)4/h6-7H,4-5H2,1-3H3;3*1H/q+1;;;. The van der Waals surface area contributed by atoms with Gasteiger partial charge in [-0.3, -0.25) is 0 Å². The Labute approximate surface area is 122 Å². The summed E-state index contributed by atoms with van der Waals surface area (Å²) in [5, 5.41) is 0. The van der Waals surface area contributed by atoms with E-state index in [1.54, 1.807) is 0 Å². The number of hydrogen-bond donors (Lipinski definition) is 0. The average Bonchev–Trinajstić information content (AvgIpc) is 2.59. The maximum absolute atomic E-state index is 9.67. The van der Waals surface area contributed by atoms with Gasteiger partial charge in [-0.1, -0.05) is 6.92 Å². The van der Waals surface area contributed by atoms with Crippen LogP contribution in [0.25, 0.3) is 0 Å². The van der Waals surface area contributed by atoms with Gasteiger partial charge in [-0.05, 0) is 6.42 Å². The lowest BCUT2D eigenvalue weighted by molar-refractivity contribution is -0.677. The van der Waals surface area contributed by atoms with Crippen LogP contribution in [0, 0.1) is 6.92 Å². The predicted octanol–water partition coefficient (Wildman–Crippen LogP) is 4.57. The molecule has 1 aromatic heterocycles. The number of alkyl halides is 9. The molecule has 0 aliphatic heterocycles. The molecular weight excluding hydrogens is 331 g/mol. The molecule has 0 saturated heterocycles. The predicted molar refractivity (Wildman–Crippen MR) is 62.0 cm³/mol. The van der Waals surface area contributed by atoms with E-state index in [-0.39, 0.29) is 0 Å². The monoisotopic (exact) mass is 349 g/mol. The first-order valence-electron chi connectivity index (χ1n) is 5.73. The fourth-order valence-electron chi connectivity index (χ4n) is 1.08. The Morgan fingerprint density at radius 1 is 0.909 bits per heavy atom. The number of nitrogens with zero attached hydrogens (tertiary/aromatic N) is 2. The van der Waals surface area contributed by atoms with Crippen LogP contribution in [0.1, 0.15) is 19.2 Å². The molecule has 0 aliphatic rings. The number of imidazole rings is 1. The third-order valence-electron chi connectivity index (χ3n) is 1.86. The quantitative estimate of drug-likeness (QED) is 0.546. The summed E-state index contributed by atoms with van der Waals surface area (Å²) in [6.07, 6.45) is 5.42. The van der Waals surface area contributed by atoms with Crippen LogP contribution in [-0.4, -0.2) is 24.6 Å². The van der Waals surface area contributed by atoms with Crippen LogP contribution in [-0.2, 0) is 13.6 Å². The fraction of sp³-hybridized carbons (Fsp3) is 0.727. The Morgan fingerprint density at radius 2 is 1.23 bits per heavy atom. The van der Waals surface area contributed by atoms with Gasteiger partial charge in [0.1, 0.15) is 12.4 Å². The first-order chi connectivity index (χ1) is 9.95. The van der Waals surface area contributed by atoms with Crippen LogP contribution < -0.4 is 4.57 Å². The zero-order valence-electron chi connectivity index (χ0n) is 12.1. The Balaban J connectivity index is -0.000000253. The highest BCUT2D eigenvalue weighted by Gasteiger charge is 2.05. The molecule has 0 aromatic carbocycles. The molecule has 0 aliphatic carbocycles. The van der Waals surface area contributed by atoms with Crippen LogP contribution in [0.15, 0.2) is 12.4 Å². The molecule has 0 fully saturated rings. The van der Waals surface area contributed by atoms with Crippen LogP contribution in [0.5, 0.6) is 0 Å². The molecule has 0 bridgehead atoms. The molecule has 2 nitrogen and oxygen atoms in total. The molecule has 0 amide bonds. The van der Waals surface area contributed by atoms with Crippen molar-refractivity contribution < 1.29 is 44.1 Å². The number of aryl methyl sites for hydroxylation is 2. The van der Waals surface area contributed by atoms with Crippen molar-refractivity contribution in [1.29, 1.82) is 0 Å². The number of rotatable bonds is 2. The van der Waals surface area contributed by atoms with E-state index in [9.17, 15) is 39.5 Å². The van der Waals surface area contributed by atoms with E-state index in [1.807, 2.05) is 0 Å². The summed E-state index contributed by atoms with van der Waals surface area (Å²) in [4.78, 5) is 0. The minimum atomic E-state index is -3.67. The van der Waals surface area contributed by atoms with Crippen LogP contribution in [0.3, 0.4) is 0 Å².